The van der Waals surface area contributed by atoms with E-state index in [1.807, 2.05) is 0 Å². The lowest BCUT2D eigenvalue weighted by molar-refractivity contribution is -0.160. The molecule has 0 rings (SSSR count). The molecular formula is C8H13O3. The Morgan fingerprint density at radius 1 is 1.18 bits per heavy atom. The Kier molecular flexibility index (Phi) is 3.79. The lowest BCUT2D eigenvalue weighted by atomic mass is 10.2. The second-order valence-electron chi connectivity index (χ2n) is 2.86. The van der Waals surface area contributed by atoms with Gasteiger partial charge in [-0.15, -0.1) is 0 Å². The summed E-state index contributed by atoms with van der Waals surface area (Å²) in [7, 11) is 0. The number of esters is 2. The van der Waals surface area contributed by atoms with Crippen molar-refractivity contribution in [2.24, 2.45) is 5.92 Å². The van der Waals surface area contributed by atoms with Crippen molar-refractivity contribution in [3.8, 4) is 0 Å². The summed E-state index contributed by atoms with van der Waals surface area (Å²) in [4.78, 5) is 21.6. The molecular weight excluding hydrogens is 144 g/mol. The maximum atomic E-state index is 10.8. The summed E-state index contributed by atoms with van der Waals surface area (Å²) in [6, 6.07) is 0. The standard InChI is InChI=1S/C8H13O3/c1-5(2)7(9)11-8(10)6(3)4/h5H,1-4H3. The molecule has 0 saturated carbocycles. The van der Waals surface area contributed by atoms with Crippen LogP contribution in [0.25, 0.3) is 0 Å². The Labute approximate surface area is 66.7 Å². The van der Waals surface area contributed by atoms with Crippen LogP contribution in [0.2, 0.25) is 0 Å². The summed E-state index contributed by atoms with van der Waals surface area (Å²) in [5.41, 5.74) is 0. The zero-order valence-corrected chi connectivity index (χ0v) is 7.30. The Bertz CT molecular complexity index is 141. The molecule has 3 nitrogen and oxygen atoms in total. The fraction of sp³-hybridized carbons (Fsp3) is 0.625. The quantitative estimate of drug-likeness (QED) is 0.448. The normalized spacial score (nSPS) is 10.4. The van der Waals surface area contributed by atoms with Gasteiger partial charge >= 0.3 is 11.9 Å². The zero-order valence-electron chi connectivity index (χ0n) is 7.30. The van der Waals surface area contributed by atoms with E-state index in [0.717, 1.165) is 0 Å². The van der Waals surface area contributed by atoms with Crippen LogP contribution in [-0.2, 0) is 14.3 Å². The highest BCUT2D eigenvalue weighted by molar-refractivity contribution is 5.93. The fourth-order valence-electron chi connectivity index (χ4n) is 0.311. The van der Waals surface area contributed by atoms with Crippen molar-refractivity contribution in [3.05, 3.63) is 5.92 Å². The smallest absolute Gasteiger partial charge is 0.320 e. The first-order chi connectivity index (χ1) is 4.95. The third-order valence-corrected chi connectivity index (χ3v) is 1.07. The Morgan fingerprint density at radius 2 is 1.64 bits per heavy atom. The summed E-state index contributed by atoms with van der Waals surface area (Å²) < 4.78 is 4.46. The molecule has 0 unspecified atom stereocenters. The highest BCUT2D eigenvalue weighted by Crippen LogP contribution is 2.02. The molecule has 0 bridgehead atoms. The van der Waals surface area contributed by atoms with Gasteiger partial charge < -0.3 is 4.74 Å². The van der Waals surface area contributed by atoms with Crippen LogP contribution < -0.4 is 0 Å². The van der Waals surface area contributed by atoms with Crippen LogP contribution in [-0.4, -0.2) is 11.9 Å². The first-order valence-electron chi connectivity index (χ1n) is 3.51. The maximum absolute atomic E-state index is 10.8. The molecule has 0 saturated heterocycles. The van der Waals surface area contributed by atoms with Gasteiger partial charge in [-0.2, -0.15) is 0 Å². The van der Waals surface area contributed by atoms with E-state index in [0.29, 0.717) is 5.92 Å². The van der Waals surface area contributed by atoms with Crippen LogP contribution in [0.15, 0.2) is 0 Å². The average Bonchev–Trinajstić information content (AvgIpc) is 1.87. The van der Waals surface area contributed by atoms with E-state index in [9.17, 15) is 9.59 Å². The van der Waals surface area contributed by atoms with Crippen molar-refractivity contribution < 1.29 is 14.3 Å². The molecule has 0 aromatic heterocycles. The Hall–Kier alpha value is -0.860. The maximum Gasteiger partial charge on any atom is 0.320 e. The van der Waals surface area contributed by atoms with Gasteiger partial charge in [0.1, 0.15) is 0 Å². The second kappa shape index (κ2) is 4.11. The van der Waals surface area contributed by atoms with Crippen molar-refractivity contribution in [2.45, 2.75) is 27.7 Å². The van der Waals surface area contributed by atoms with Gasteiger partial charge in [0.05, 0.1) is 11.8 Å². The third kappa shape index (κ3) is 3.75. The summed E-state index contributed by atoms with van der Waals surface area (Å²) in [5, 5.41) is 0. The van der Waals surface area contributed by atoms with Crippen molar-refractivity contribution in [2.75, 3.05) is 0 Å². The number of carbonyl (C=O) groups is 2. The van der Waals surface area contributed by atoms with E-state index in [1.165, 1.54) is 0 Å². The van der Waals surface area contributed by atoms with Gasteiger partial charge in [-0.1, -0.05) is 13.8 Å². The SMILES string of the molecule is C[C](C)C(=O)OC(=O)C(C)C. The monoisotopic (exact) mass is 157 g/mol. The minimum absolute atomic E-state index is 0.252. The highest BCUT2D eigenvalue weighted by atomic mass is 16.6. The van der Waals surface area contributed by atoms with Gasteiger partial charge in [-0.3, -0.25) is 9.59 Å². The molecule has 0 aromatic carbocycles. The van der Waals surface area contributed by atoms with Crippen LogP contribution >= 0.6 is 0 Å². The van der Waals surface area contributed by atoms with Crippen LogP contribution in [0.1, 0.15) is 27.7 Å². The molecule has 0 aliphatic rings. The lowest BCUT2D eigenvalue weighted by Gasteiger charge is -2.05. The van der Waals surface area contributed by atoms with Gasteiger partial charge in [-0.05, 0) is 13.8 Å². The molecule has 0 aromatic rings. The molecule has 0 atom stereocenters. The van der Waals surface area contributed by atoms with Crippen LogP contribution in [0.4, 0.5) is 0 Å². The molecule has 0 amide bonds. The fourth-order valence-corrected chi connectivity index (χ4v) is 0.311. The van der Waals surface area contributed by atoms with Gasteiger partial charge in [0.25, 0.3) is 0 Å². The minimum Gasteiger partial charge on any atom is -0.393 e. The molecule has 0 N–H and O–H groups in total. The van der Waals surface area contributed by atoms with Gasteiger partial charge in [0, 0.05) is 0 Å². The average molecular weight is 157 g/mol. The first-order valence-corrected chi connectivity index (χ1v) is 3.51. The summed E-state index contributed by atoms with van der Waals surface area (Å²) in [6.45, 7) is 6.58. The van der Waals surface area contributed by atoms with Gasteiger partial charge in [0.2, 0.25) is 0 Å². The van der Waals surface area contributed by atoms with Crippen molar-refractivity contribution in [1.29, 1.82) is 0 Å². The van der Waals surface area contributed by atoms with Crippen molar-refractivity contribution in [1.82, 2.24) is 0 Å². The van der Waals surface area contributed by atoms with E-state index in [4.69, 9.17) is 0 Å². The Balaban J connectivity index is 3.86. The number of carbonyl (C=O) groups excluding carboxylic acids is 2. The molecule has 0 aliphatic carbocycles. The van der Waals surface area contributed by atoms with Crippen LogP contribution in [0, 0.1) is 11.8 Å². The molecule has 0 heterocycles. The predicted molar refractivity (Wildman–Crippen MR) is 40.5 cm³/mol. The molecule has 0 fully saturated rings. The molecule has 0 aliphatic heterocycles. The predicted octanol–water partition coefficient (Wildman–Crippen LogP) is 1.33. The van der Waals surface area contributed by atoms with Crippen molar-refractivity contribution in [3.63, 3.8) is 0 Å². The van der Waals surface area contributed by atoms with E-state index in [1.54, 1.807) is 27.7 Å². The van der Waals surface area contributed by atoms with Gasteiger partial charge in [0.15, 0.2) is 0 Å². The largest absolute Gasteiger partial charge is 0.393 e. The minimum atomic E-state index is -0.538. The second-order valence-corrected chi connectivity index (χ2v) is 2.86. The van der Waals surface area contributed by atoms with E-state index in [-0.39, 0.29) is 5.92 Å². The number of hydrogen-bond donors (Lipinski definition) is 0. The van der Waals surface area contributed by atoms with E-state index < -0.39 is 11.9 Å². The molecule has 0 spiro atoms. The summed E-state index contributed by atoms with van der Waals surface area (Å²) in [6.07, 6.45) is 0. The molecule has 11 heavy (non-hydrogen) atoms. The van der Waals surface area contributed by atoms with Crippen molar-refractivity contribution >= 4 is 11.9 Å². The van der Waals surface area contributed by atoms with E-state index >= 15 is 0 Å². The number of rotatable bonds is 2. The van der Waals surface area contributed by atoms with Gasteiger partial charge in [-0.25, -0.2) is 0 Å². The van der Waals surface area contributed by atoms with Crippen LogP contribution in [0.5, 0.6) is 0 Å². The Morgan fingerprint density at radius 3 is 1.91 bits per heavy atom. The third-order valence-electron chi connectivity index (χ3n) is 1.07. The highest BCUT2D eigenvalue weighted by Gasteiger charge is 2.16. The molecule has 1 radical (unpaired) electrons. The first kappa shape index (κ1) is 10.1. The topological polar surface area (TPSA) is 43.4 Å². The lowest BCUT2D eigenvalue weighted by Crippen LogP contribution is -2.19. The number of ether oxygens (including phenoxy) is 1. The van der Waals surface area contributed by atoms with Crippen LogP contribution in [0.3, 0.4) is 0 Å². The zero-order chi connectivity index (χ0) is 9.02. The summed E-state index contributed by atoms with van der Waals surface area (Å²) in [5.74, 6) is -0.780. The number of hydrogen-bond acceptors (Lipinski definition) is 3. The summed E-state index contributed by atoms with van der Waals surface area (Å²) >= 11 is 0. The molecule has 3 heteroatoms. The molecule has 63 valence electrons. The van der Waals surface area contributed by atoms with E-state index in [2.05, 4.69) is 4.74 Å².